The molecule has 0 bridgehead atoms. The van der Waals surface area contributed by atoms with Gasteiger partial charge in [-0.3, -0.25) is 0 Å². The van der Waals surface area contributed by atoms with Gasteiger partial charge in [-0.25, -0.2) is 0 Å². The zero-order valence-electron chi connectivity index (χ0n) is 15.9. The lowest BCUT2D eigenvalue weighted by Crippen LogP contribution is -2.18. The van der Waals surface area contributed by atoms with Crippen molar-refractivity contribution in [2.24, 2.45) is 0 Å². The van der Waals surface area contributed by atoms with E-state index in [9.17, 15) is 18.3 Å². The predicted octanol–water partition coefficient (Wildman–Crippen LogP) is 7.13. The number of nitrogens with one attached hydrogen (secondary N) is 1. The van der Waals surface area contributed by atoms with Crippen LogP contribution in [0.2, 0.25) is 10.0 Å². The Morgan fingerprint density at radius 3 is 2.38 bits per heavy atom. The van der Waals surface area contributed by atoms with Crippen molar-refractivity contribution in [1.29, 1.82) is 0 Å². The quantitative estimate of drug-likeness (QED) is 0.300. The van der Waals surface area contributed by atoms with Crippen molar-refractivity contribution in [2.45, 2.75) is 38.5 Å². The molecule has 1 unspecified atom stereocenters. The molecule has 0 aliphatic heterocycles. The van der Waals surface area contributed by atoms with Gasteiger partial charge in [-0.15, -0.1) is 0 Å². The highest BCUT2D eigenvalue weighted by molar-refractivity contribution is 6.39. The molecule has 0 amide bonds. The standard InChI is InChI=1S/C22H22Cl2F3NO/c1-2-3-7-28-8-6-21(29)19-12-18-17(10-14(23)11-20(18)24)16-9-13(22(25,26)27)4-5-15(16)19/h4-5,9-12,21,28-29H,2-3,6-8H2,1H3. The number of rotatable bonds is 7. The van der Waals surface area contributed by atoms with Gasteiger partial charge in [0, 0.05) is 15.4 Å². The van der Waals surface area contributed by atoms with Gasteiger partial charge in [-0.05, 0) is 78.0 Å². The summed E-state index contributed by atoms with van der Waals surface area (Å²) >= 11 is 12.4. The summed E-state index contributed by atoms with van der Waals surface area (Å²) in [5, 5.41) is 16.7. The van der Waals surface area contributed by atoms with Crippen molar-refractivity contribution in [2.75, 3.05) is 13.1 Å². The van der Waals surface area contributed by atoms with Crippen LogP contribution in [-0.4, -0.2) is 18.2 Å². The van der Waals surface area contributed by atoms with Gasteiger partial charge in [0.2, 0.25) is 0 Å². The van der Waals surface area contributed by atoms with Gasteiger partial charge in [0.15, 0.2) is 0 Å². The molecule has 29 heavy (non-hydrogen) atoms. The Labute approximate surface area is 177 Å². The second-order valence-electron chi connectivity index (χ2n) is 7.11. The van der Waals surface area contributed by atoms with Crippen LogP contribution in [0.3, 0.4) is 0 Å². The lowest BCUT2D eigenvalue weighted by Gasteiger charge is -2.18. The molecule has 2 nitrogen and oxygen atoms in total. The van der Waals surface area contributed by atoms with E-state index >= 15 is 0 Å². The smallest absolute Gasteiger partial charge is 0.388 e. The van der Waals surface area contributed by atoms with Crippen LogP contribution in [0.25, 0.3) is 21.5 Å². The number of halogens is 5. The van der Waals surface area contributed by atoms with Gasteiger partial charge in [0.1, 0.15) is 0 Å². The van der Waals surface area contributed by atoms with E-state index in [4.69, 9.17) is 23.2 Å². The Morgan fingerprint density at radius 2 is 1.69 bits per heavy atom. The minimum atomic E-state index is -4.47. The molecule has 7 heteroatoms. The molecule has 3 aromatic carbocycles. The third kappa shape index (κ3) is 4.97. The molecule has 1 atom stereocenters. The van der Waals surface area contributed by atoms with Crippen LogP contribution in [0.5, 0.6) is 0 Å². The van der Waals surface area contributed by atoms with Crippen molar-refractivity contribution in [1.82, 2.24) is 5.32 Å². The summed E-state index contributed by atoms with van der Waals surface area (Å²) in [4.78, 5) is 0. The normalized spacial score (nSPS) is 13.3. The molecule has 0 aromatic heterocycles. The maximum Gasteiger partial charge on any atom is 0.416 e. The van der Waals surface area contributed by atoms with Gasteiger partial charge in [0.25, 0.3) is 0 Å². The van der Waals surface area contributed by atoms with E-state index in [1.807, 2.05) is 0 Å². The van der Waals surface area contributed by atoms with E-state index in [0.29, 0.717) is 50.1 Å². The fraction of sp³-hybridized carbons (Fsp3) is 0.364. The second-order valence-corrected chi connectivity index (χ2v) is 7.96. The van der Waals surface area contributed by atoms with Crippen LogP contribution in [0.1, 0.15) is 43.4 Å². The molecule has 0 fully saturated rings. The molecule has 0 saturated heterocycles. The summed E-state index contributed by atoms with van der Waals surface area (Å²) in [6.07, 6.45) is -2.74. The van der Waals surface area contributed by atoms with Gasteiger partial charge in [0.05, 0.1) is 11.7 Å². The van der Waals surface area contributed by atoms with E-state index in [1.54, 1.807) is 18.2 Å². The molecule has 3 rings (SSSR count). The Bertz CT molecular complexity index is 1020. The van der Waals surface area contributed by atoms with Crippen LogP contribution in [0, 0.1) is 0 Å². The predicted molar refractivity (Wildman–Crippen MR) is 114 cm³/mol. The lowest BCUT2D eigenvalue weighted by molar-refractivity contribution is -0.137. The summed E-state index contributed by atoms with van der Waals surface area (Å²) in [5.41, 5.74) is -0.196. The third-order valence-corrected chi connectivity index (χ3v) is 5.53. The van der Waals surface area contributed by atoms with Gasteiger partial charge >= 0.3 is 6.18 Å². The molecule has 0 spiro atoms. The summed E-state index contributed by atoms with van der Waals surface area (Å²) in [7, 11) is 0. The van der Waals surface area contributed by atoms with Crippen molar-refractivity contribution in [3.63, 3.8) is 0 Å². The molecule has 0 heterocycles. The number of unbranched alkanes of at least 4 members (excludes halogenated alkanes) is 1. The van der Waals surface area contributed by atoms with Crippen molar-refractivity contribution < 1.29 is 18.3 Å². The SMILES string of the molecule is CCCCNCCC(O)c1cc2c(Cl)cc(Cl)cc2c2cc(C(F)(F)F)ccc12. The number of aliphatic hydroxyl groups excluding tert-OH is 1. The molecule has 156 valence electrons. The van der Waals surface area contributed by atoms with Crippen LogP contribution < -0.4 is 5.32 Å². The lowest BCUT2D eigenvalue weighted by atomic mass is 9.92. The molecule has 0 aliphatic carbocycles. The molecule has 0 radical (unpaired) electrons. The monoisotopic (exact) mass is 443 g/mol. The van der Waals surface area contributed by atoms with Crippen molar-refractivity contribution in [3.05, 3.63) is 57.6 Å². The molecule has 3 aromatic rings. The largest absolute Gasteiger partial charge is 0.416 e. The first-order chi connectivity index (χ1) is 13.7. The van der Waals surface area contributed by atoms with Crippen LogP contribution in [0.4, 0.5) is 13.2 Å². The van der Waals surface area contributed by atoms with Crippen molar-refractivity contribution >= 4 is 44.7 Å². The number of hydrogen-bond donors (Lipinski definition) is 2. The average Bonchev–Trinajstić information content (AvgIpc) is 2.66. The Balaban J connectivity index is 2.11. The maximum atomic E-state index is 13.3. The summed E-state index contributed by atoms with van der Waals surface area (Å²) in [5.74, 6) is 0. The van der Waals surface area contributed by atoms with Gasteiger partial charge in [-0.2, -0.15) is 13.2 Å². The molecular weight excluding hydrogens is 422 g/mol. The van der Waals surface area contributed by atoms with E-state index in [0.717, 1.165) is 31.5 Å². The minimum absolute atomic E-state index is 0.335. The summed E-state index contributed by atoms with van der Waals surface area (Å²) < 4.78 is 39.9. The van der Waals surface area contributed by atoms with Crippen LogP contribution in [-0.2, 0) is 6.18 Å². The summed E-state index contributed by atoms with van der Waals surface area (Å²) in [6.45, 7) is 3.57. The first-order valence-electron chi connectivity index (χ1n) is 9.53. The number of hydrogen-bond acceptors (Lipinski definition) is 2. The molecule has 0 aliphatic rings. The number of aliphatic hydroxyl groups is 1. The molecule has 0 saturated carbocycles. The topological polar surface area (TPSA) is 32.3 Å². The van der Waals surface area contributed by atoms with E-state index < -0.39 is 17.8 Å². The number of alkyl halides is 3. The van der Waals surface area contributed by atoms with Gasteiger partial charge < -0.3 is 10.4 Å². The average molecular weight is 444 g/mol. The number of fused-ring (bicyclic) bond motifs is 3. The highest BCUT2D eigenvalue weighted by atomic mass is 35.5. The van der Waals surface area contributed by atoms with E-state index in [1.165, 1.54) is 6.07 Å². The van der Waals surface area contributed by atoms with Crippen LogP contribution >= 0.6 is 23.2 Å². The highest BCUT2D eigenvalue weighted by Gasteiger charge is 2.31. The number of benzene rings is 3. The Hall–Kier alpha value is -1.53. The fourth-order valence-electron chi connectivity index (χ4n) is 3.48. The molecular formula is C22H22Cl2F3NO. The summed E-state index contributed by atoms with van der Waals surface area (Å²) in [6, 6.07) is 8.45. The van der Waals surface area contributed by atoms with Crippen LogP contribution in [0.15, 0.2) is 36.4 Å². The second kappa shape index (κ2) is 9.09. The zero-order chi connectivity index (χ0) is 21.2. The first kappa shape index (κ1) is 22.2. The zero-order valence-corrected chi connectivity index (χ0v) is 17.4. The van der Waals surface area contributed by atoms with Gasteiger partial charge in [-0.1, -0.05) is 42.6 Å². The van der Waals surface area contributed by atoms with Crippen molar-refractivity contribution in [3.8, 4) is 0 Å². The maximum absolute atomic E-state index is 13.3. The van der Waals surface area contributed by atoms with E-state index in [2.05, 4.69) is 12.2 Å². The highest BCUT2D eigenvalue weighted by Crippen LogP contribution is 2.40. The Morgan fingerprint density at radius 1 is 0.966 bits per heavy atom. The third-order valence-electron chi connectivity index (χ3n) is 5.00. The first-order valence-corrected chi connectivity index (χ1v) is 10.3. The van der Waals surface area contributed by atoms with E-state index in [-0.39, 0.29) is 0 Å². The fourth-order valence-corrected chi connectivity index (χ4v) is 4.03. The Kier molecular flexibility index (Phi) is 6.94. The molecule has 2 N–H and O–H groups in total. The minimum Gasteiger partial charge on any atom is -0.388 e.